The van der Waals surface area contributed by atoms with Crippen molar-refractivity contribution in [2.45, 2.75) is 52.7 Å². The van der Waals surface area contributed by atoms with Crippen LogP contribution in [-0.2, 0) is 0 Å². The van der Waals surface area contributed by atoms with Crippen molar-refractivity contribution in [1.82, 2.24) is 0 Å². The van der Waals surface area contributed by atoms with Gasteiger partial charge in [0.2, 0.25) is 0 Å². The van der Waals surface area contributed by atoms with Crippen molar-refractivity contribution < 1.29 is 0 Å². The summed E-state index contributed by atoms with van der Waals surface area (Å²) in [5.74, 6) is 6.54. The molecule has 11 heavy (non-hydrogen) atoms. The minimum absolute atomic E-state index is 0.645. The van der Waals surface area contributed by atoms with Crippen molar-refractivity contribution in [2.75, 3.05) is 0 Å². The maximum absolute atomic E-state index is 3.30. The van der Waals surface area contributed by atoms with Crippen LogP contribution >= 0.6 is 0 Å². The summed E-state index contributed by atoms with van der Waals surface area (Å²) in [6.07, 6.45) is 6.02. The maximum Gasteiger partial charge on any atom is 0.00492 e. The molecule has 0 unspecified atom stereocenters. The Hall–Kier alpha value is -0.375. The van der Waals surface area contributed by atoms with Crippen molar-refractivity contribution in [3.8, 4) is 11.7 Å². The lowest BCUT2D eigenvalue weighted by atomic mass is 9.47. The second kappa shape index (κ2) is 7.73. The number of rotatable bonds is 4. The van der Waals surface area contributed by atoms with Gasteiger partial charge in [0, 0.05) is 6.42 Å². The third kappa shape index (κ3) is 6.04. The first-order valence-electron chi connectivity index (χ1n) is 4.83. The van der Waals surface area contributed by atoms with Crippen molar-refractivity contribution >= 4 is 6.71 Å². The van der Waals surface area contributed by atoms with E-state index in [4.69, 9.17) is 0 Å². The van der Waals surface area contributed by atoms with Crippen LogP contribution in [0.5, 0.6) is 0 Å². The lowest BCUT2D eigenvalue weighted by Gasteiger charge is -2.12. The van der Waals surface area contributed by atoms with E-state index in [1.807, 2.05) is 0 Å². The molecule has 0 heterocycles. The summed E-state index contributed by atoms with van der Waals surface area (Å²) >= 11 is 0. The molecule has 0 atom stereocenters. The summed E-state index contributed by atoms with van der Waals surface area (Å²) in [6, 6.07) is 0. The Bertz CT molecular complexity index is 126. The molecule has 0 saturated heterocycles. The van der Waals surface area contributed by atoms with Crippen LogP contribution in [0, 0.1) is 11.7 Å². The highest BCUT2D eigenvalue weighted by Crippen LogP contribution is 1.96. The van der Waals surface area contributed by atoms with Crippen LogP contribution in [-0.4, -0.2) is 6.71 Å². The van der Waals surface area contributed by atoms with Gasteiger partial charge in [0.25, 0.3) is 0 Å². The Labute approximate surface area is 71.8 Å². The van der Waals surface area contributed by atoms with Gasteiger partial charge in [-0.3, -0.25) is 0 Å². The van der Waals surface area contributed by atoms with Crippen LogP contribution in [0.4, 0.5) is 0 Å². The Morgan fingerprint density at radius 3 is 2.18 bits per heavy atom. The highest BCUT2D eigenvalue weighted by atomic mass is 13.8. The first-order valence-corrected chi connectivity index (χ1v) is 4.83. The second-order valence-electron chi connectivity index (χ2n) is 2.94. The summed E-state index contributed by atoms with van der Waals surface area (Å²) in [7, 11) is 0. The minimum atomic E-state index is 0.645. The van der Waals surface area contributed by atoms with E-state index in [0.29, 0.717) is 6.71 Å². The molecule has 0 aliphatic carbocycles. The van der Waals surface area contributed by atoms with E-state index in [1.165, 1.54) is 25.5 Å². The summed E-state index contributed by atoms with van der Waals surface area (Å²) in [5, 5.41) is 0. The van der Waals surface area contributed by atoms with Gasteiger partial charge >= 0.3 is 0 Å². The van der Waals surface area contributed by atoms with Crippen LogP contribution < -0.4 is 0 Å². The van der Waals surface area contributed by atoms with Gasteiger partial charge in [-0.15, -0.1) is 0 Å². The van der Waals surface area contributed by atoms with Gasteiger partial charge in [-0.1, -0.05) is 27.2 Å². The zero-order valence-electron chi connectivity index (χ0n) is 8.11. The Kier molecular flexibility index (Phi) is 7.47. The van der Waals surface area contributed by atoms with Crippen LogP contribution in [0.2, 0.25) is 12.6 Å². The van der Waals surface area contributed by atoms with Crippen molar-refractivity contribution in [3.05, 3.63) is 0 Å². The topological polar surface area (TPSA) is 0 Å². The Morgan fingerprint density at radius 1 is 1.09 bits per heavy atom. The van der Waals surface area contributed by atoms with Gasteiger partial charge in [-0.2, -0.15) is 18.6 Å². The molecule has 0 spiro atoms. The molecule has 0 N–H and O–H groups in total. The van der Waals surface area contributed by atoms with Crippen LogP contribution in [0.25, 0.3) is 0 Å². The first-order chi connectivity index (χ1) is 5.35. The fraction of sp³-hybridized carbons (Fsp3) is 0.800. The normalized spacial score (nSPS) is 9.45. The van der Waals surface area contributed by atoms with E-state index in [0.717, 1.165) is 6.42 Å². The fourth-order valence-corrected chi connectivity index (χ4v) is 0.974. The molecule has 0 aliphatic heterocycles. The quantitative estimate of drug-likeness (QED) is 0.327. The van der Waals surface area contributed by atoms with Crippen LogP contribution in [0.1, 0.15) is 40.0 Å². The smallest absolute Gasteiger partial charge is 0.00492 e. The Morgan fingerprint density at radius 2 is 1.73 bits per heavy atom. The third-order valence-corrected chi connectivity index (χ3v) is 1.95. The summed E-state index contributed by atoms with van der Waals surface area (Å²) in [4.78, 5) is 0. The van der Waals surface area contributed by atoms with E-state index in [2.05, 4.69) is 32.5 Å². The molecule has 63 valence electrons. The standard InChI is InChI=1S/C10H19B/c1-4-7-8-9-10-11(5-2)6-3/h4-8H2,1-3H3/q-1. The molecule has 0 fully saturated rings. The van der Waals surface area contributed by atoms with E-state index in [1.54, 1.807) is 0 Å². The van der Waals surface area contributed by atoms with E-state index >= 15 is 0 Å². The third-order valence-electron chi connectivity index (χ3n) is 1.95. The van der Waals surface area contributed by atoms with Gasteiger partial charge < -0.3 is 5.82 Å². The molecule has 0 saturated carbocycles. The number of hydrogen-bond acceptors (Lipinski definition) is 0. The van der Waals surface area contributed by atoms with Gasteiger partial charge in [-0.25, -0.2) is 0 Å². The molecule has 0 aliphatic rings. The van der Waals surface area contributed by atoms with E-state index < -0.39 is 0 Å². The highest BCUT2D eigenvalue weighted by Gasteiger charge is 1.83. The molecule has 0 amide bonds. The monoisotopic (exact) mass is 150 g/mol. The zero-order valence-corrected chi connectivity index (χ0v) is 8.11. The lowest BCUT2D eigenvalue weighted by Crippen LogP contribution is -2.04. The molecule has 0 bridgehead atoms. The second-order valence-corrected chi connectivity index (χ2v) is 2.94. The average Bonchev–Trinajstić information content (AvgIpc) is 2.05. The first kappa shape index (κ1) is 10.6. The van der Waals surface area contributed by atoms with Gasteiger partial charge in [0.1, 0.15) is 0 Å². The molecule has 0 rings (SSSR count). The van der Waals surface area contributed by atoms with E-state index in [-0.39, 0.29) is 0 Å². The van der Waals surface area contributed by atoms with E-state index in [9.17, 15) is 0 Å². The maximum atomic E-state index is 3.30. The Balaban J connectivity index is 3.47. The summed E-state index contributed by atoms with van der Waals surface area (Å²) < 4.78 is 0. The predicted molar refractivity (Wildman–Crippen MR) is 54.0 cm³/mol. The molecular formula is C10H19B-. The van der Waals surface area contributed by atoms with Crippen LogP contribution in [0.3, 0.4) is 0 Å². The largest absolute Gasteiger partial charge is 0.352 e. The van der Waals surface area contributed by atoms with Crippen LogP contribution in [0.15, 0.2) is 0 Å². The van der Waals surface area contributed by atoms with Crippen molar-refractivity contribution in [1.29, 1.82) is 0 Å². The molecule has 0 aromatic heterocycles. The van der Waals surface area contributed by atoms with Gasteiger partial charge in [0.15, 0.2) is 0 Å². The number of unbranched alkanes of at least 4 members (excludes halogenated alkanes) is 2. The molecule has 1 radical (unpaired) electrons. The predicted octanol–water partition coefficient (Wildman–Crippen LogP) is 3.25. The summed E-state index contributed by atoms with van der Waals surface area (Å²) in [6.45, 7) is 7.27. The van der Waals surface area contributed by atoms with Gasteiger partial charge in [0.05, 0.1) is 0 Å². The van der Waals surface area contributed by atoms with Crippen molar-refractivity contribution in [2.24, 2.45) is 0 Å². The zero-order chi connectivity index (χ0) is 8.53. The highest BCUT2D eigenvalue weighted by molar-refractivity contribution is 6.67. The minimum Gasteiger partial charge on any atom is -0.352 e. The van der Waals surface area contributed by atoms with Gasteiger partial charge in [-0.05, 0) is 13.1 Å². The molecule has 0 aromatic carbocycles. The molecular weight excluding hydrogens is 131 g/mol. The lowest BCUT2D eigenvalue weighted by molar-refractivity contribution is 0.828. The molecule has 0 nitrogen and oxygen atoms in total. The molecule has 0 aromatic rings. The van der Waals surface area contributed by atoms with Crippen molar-refractivity contribution in [3.63, 3.8) is 0 Å². The molecule has 1 heteroatoms. The fourth-order valence-electron chi connectivity index (χ4n) is 0.974. The SMILES string of the molecule is CCCCC#C[B-](CC)CC. The number of hydrogen-bond donors (Lipinski definition) is 0. The average molecular weight is 150 g/mol. The summed E-state index contributed by atoms with van der Waals surface area (Å²) in [5.41, 5.74) is 0.